The Kier molecular flexibility index (Phi) is 3.11. The second kappa shape index (κ2) is 4.13. The average Bonchev–Trinajstić information content (AvgIpc) is 2.51. The van der Waals surface area contributed by atoms with Crippen molar-refractivity contribution in [3.05, 3.63) is 30.0 Å². The third-order valence-electron chi connectivity index (χ3n) is 2.18. The number of fused-ring (bicyclic) bond motifs is 1. The van der Waals surface area contributed by atoms with Crippen molar-refractivity contribution in [1.82, 2.24) is 4.98 Å². The quantitative estimate of drug-likeness (QED) is 0.651. The van der Waals surface area contributed by atoms with E-state index >= 15 is 0 Å². The van der Waals surface area contributed by atoms with E-state index in [0.29, 0.717) is 12.3 Å². The summed E-state index contributed by atoms with van der Waals surface area (Å²) >= 11 is 0. The van der Waals surface area contributed by atoms with Crippen LogP contribution in [0.3, 0.4) is 0 Å². The summed E-state index contributed by atoms with van der Waals surface area (Å²) < 4.78 is 0. The third kappa shape index (κ3) is 1.57. The molecule has 76 valence electrons. The normalized spacial score (nSPS) is 10.1. The van der Waals surface area contributed by atoms with Crippen molar-refractivity contribution in [2.24, 2.45) is 5.73 Å². The first-order valence-electron chi connectivity index (χ1n) is 4.31. The molecule has 1 heterocycles. The molecule has 1 aromatic heterocycles. The van der Waals surface area contributed by atoms with Crippen LogP contribution in [0.25, 0.3) is 10.9 Å². The number of aromatic nitrogens is 1. The second-order valence-electron chi connectivity index (χ2n) is 3.05. The van der Waals surface area contributed by atoms with E-state index in [4.69, 9.17) is 5.73 Å². The van der Waals surface area contributed by atoms with Crippen LogP contribution in [-0.2, 0) is 6.42 Å². The minimum Gasteiger partial charge on any atom is -0.507 e. The molecule has 1 aromatic carbocycles. The zero-order chi connectivity index (χ0) is 9.26. The van der Waals surface area contributed by atoms with Gasteiger partial charge in [0.2, 0.25) is 0 Å². The Labute approximate surface area is 81.7 Å². The minimum atomic E-state index is 0. The van der Waals surface area contributed by atoms with E-state index in [1.165, 1.54) is 0 Å². The molecule has 2 aromatic rings. The van der Waals surface area contributed by atoms with Gasteiger partial charge in [0.25, 0.3) is 0 Å². The number of H-pyrrole nitrogens is 1. The first-order valence-corrected chi connectivity index (χ1v) is 4.31. The molecule has 4 nitrogen and oxygen atoms in total. The molecule has 0 atom stereocenters. The average molecular weight is 194 g/mol. The van der Waals surface area contributed by atoms with E-state index in [0.717, 1.165) is 22.9 Å². The number of aromatic hydroxyl groups is 1. The third-order valence-corrected chi connectivity index (χ3v) is 2.18. The Balaban J connectivity index is 0.000000980. The molecule has 4 heteroatoms. The van der Waals surface area contributed by atoms with Gasteiger partial charge in [0.15, 0.2) is 0 Å². The van der Waals surface area contributed by atoms with E-state index in [1.807, 2.05) is 18.3 Å². The zero-order valence-electron chi connectivity index (χ0n) is 7.75. The molecule has 0 unspecified atom stereocenters. The van der Waals surface area contributed by atoms with Crippen LogP contribution >= 0.6 is 0 Å². The molecule has 0 fully saturated rings. The van der Waals surface area contributed by atoms with E-state index in [9.17, 15) is 5.11 Å². The second-order valence-corrected chi connectivity index (χ2v) is 3.05. The summed E-state index contributed by atoms with van der Waals surface area (Å²) in [6.07, 6.45) is 2.69. The summed E-state index contributed by atoms with van der Waals surface area (Å²) in [5.41, 5.74) is 7.51. The van der Waals surface area contributed by atoms with Gasteiger partial charge in [-0.1, -0.05) is 6.07 Å². The monoisotopic (exact) mass is 194 g/mol. The summed E-state index contributed by atoms with van der Waals surface area (Å²) in [6.45, 7) is 0.598. The Morgan fingerprint density at radius 1 is 1.36 bits per heavy atom. The van der Waals surface area contributed by atoms with Crippen LogP contribution < -0.4 is 5.73 Å². The van der Waals surface area contributed by atoms with Crippen LogP contribution in [0.1, 0.15) is 5.56 Å². The molecule has 14 heavy (non-hydrogen) atoms. The van der Waals surface area contributed by atoms with Gasteiger partial charge in [-0.25, -0.2) is 0 Å². The highest BCUT2D eigenvalue weighted by molar-refractivity contribution is 5.88. The molecule has 0 saturated carbocycles. The Morgan fingerprint density at radius 2 is 2.14 bits per heavy atom. The number of rotatable bonds is 2. The maximum atomic E-state index is 9.61. The lowest BCUT2D eigenvalue weighted by molar-refractivity contribution is 0.481. The van der Waals surface area contributed by atoms with Crippen LogP contribution in [0.15, 0.2) is 24.4 Å². The van der Waals surface area contributed by atoms with Gasteiger partial charge in [-0.15, -0.1) is 0 Å². The fourth-order valence-corrected chi connectivity index (χ4v) is 1.59. The topological polar surface area (TPSA) is 93.5 Å². The minimum absolute atomic E-state index is 0. The highest BCUT2D eigenvalue weighted by atomic mass is 16.3. The predicted molar refractivity (Wildman–Crippen MR) is 56.3 cm³/mol. The molecule has 0 aliphatic carbocycles. The summed E-state index contributed by atoms with van der Waals surface area (Å²) in [4.78, 5) is 3.10. The molecule has 6 N–H and O–H groups in total. The molecule has 0 spiro atoms. The molecular weight excluding hydrogens is 180 g/mol. The molecule has 0 amide bonds. The van der Waals surface area contributed by atoms with Crippen LogP contribution in [0.4, 0.5) is 0 Å². The van der Waals surface area contributed by atoms with E-state index in [2.05, 4.69) is 4.98 Å². The van der Waals surface area contributed by atoms with E-state index < -0.39 is 0 Å². The number of nitrogens with two attached hydrogens (primary N) is 1. The lowest BCUT2D eigenvalue weighted by Gasteiger charge is -1.98. The SMILES string of the molecule is NCCc1c[nH]c2cccc(O)c12.O. The first-order chi connectivity index (χ1) is 6.33. The number of aromatic amines is 1. The Morgan fingerprint density at radius 3 is 2.86 bits per heavy atom. The zero-order valence-corrected chi connectivity index (χ0v) is 7.75. The van der Waals surface area contributed by atoms with Crippen LogP contribution in [0, 0.1) is 0 Å². The van der Waals surface area contributed by atoms with E-state index in [1.54, 1.807) is 6.07 Å². The maximum absolute atomic E-state index is 9.61. The number of nitrogens with one attached hydrogen (secondary N) is 1. The summed E-state index contributed by atoms with van der Waals surface area (Å²) in [5, 5.41) is 10.5. The summed E-state index contributed by atoms with van der Waals surface area (Å²) in [7, 11) is 0. The fourth-order valence-electron chi connectivity index (χ4n) is 1.59. The standard InChI is InChI=1S/C10H12N2O.H2O/c11-5-4-7-6-12-8-2-1-3-9(13)10(7)8;/h1-3,6,12-13H,4-5,11H2;1H2. The van der Waals surface area contributed by atoms with Crippen molar-refractivity contribution < 1.29 is 10.6 Å². The fraction of sp³-hybridized carbons (Fsp3) is 0.200. The highest BCUT2D eigenvalue weighted by Crippen LogP contribution is 2.27. The van der Waals surface area contributed by atoms with Gasteiger partial charge >= 0.3 is 0 Å². The van der Waals surface area contributed by atoms with Gasteiger partial charge < -0.3 is 21.3 Å². The molecule has 2 rings (SSSR count). The van der Waals surface area contributed by atoms with Gasteiger partial charge in [-0.05, 0) is 30.7 Å². The Hall–Kier alpha value is -1.52. The predicted octanol–water partition coefficient (Wildman–Crippen LogP) is 0.550. The number of phenolic OH excluding ortho intramolecular Hbond substituents is 1. The molecule has 0 radical (unpaired) electrons. The van der Waals surface area contributed by atoms with Crippen molar-refractivity contribution in [2.75, 3.05) is 6.54 Å². The van der Waals surface area contributed by atoms with E-state index in [-0.39, 0.29) is 5.48 Å². The Bertz CT molecular complexity index is 423. The summed E-state index contributed by atoms with van der Waals surface area (Å²) in [5.74, 6) is 0.321. The molecule has 0 aliphatic heterocycles. The lowest BCUT2D eigenvalue weighted by Crippen LogP contribution is -2.01. The van der Waals surface area contributed by atoms with Crippen molar-refractivity contribution >= 4 is 10.9 Å². The van der Waals surface area contributed by atoms with Gasteiger partial charge in [-0.3, -0.25) is 0 Å². The number of benzene rings is 1. The number of phenols is 1. The summed E-state index contributed by atoms with van der Waals surface area (Å²) in [6, 6.07) is 5.45. The van der Waals surface area contributed by atoms with Gasteiger partial charge in [-0.2, -0.15) is 0 Å². The lowest BCUT2D eigenvalue weighted by atomic mass is 10.1. The van der Waals surface area contributed by atoms with Gasteiger partial charge in [0.05, 0.1) is 0 Å². The molecule has 0 aliphatic rings. The smallest absolute Gasteiger partial charge is 0.125 e. The molecule has 0 saturated heterocycles. The number of hydrogen-bond acceptors (Lipinski definition) is 2. The van der Waals surface area contributed by atoms with Crippen molar-refractivity contribution in [3.63, 3.8) is 0 Å². The van der Waals surface area contributed by atoms with Crippen LogP contribution in [0.5, 0.6) is 5.75 Å². The van der Waals surface area contributed by atoms with Gasteiger partial charge in [0.1, 0.15) is 5.75 Å². The molecule has 0 bridgehead atoms. The van der Waals surface area contributed by atoms with Crippen LogP contribution in [0.2, 0.25) is 0 Å². The van der Waals surface area contributed by atoms with Gasteiger partial charge in [0, 0.05) is 17.1 Å². The first kappa shape index (κ1) is 10.6. The highest BCUT2D eigenvalue weighted by Gasteiger charge is 2.05. The van der Waals surface area contributed by atoms with Crippen LogP contribution in [-0.4, -0.2) is 22.1 Å². The largest absolute Gasteiger partial charge is 0.507 e. The van der Waals surface area contributed by atoms with Crippen molar-refractivity contribution in [3.8, 4) is 5.75 Å². The number of hydrogen-bond donors (Lipinski definition) is 3. The van der Waals surface area contributed by atoms with Crippen molar-refractivity contribution in [1.29, 1.82) is 0 Å². The van der Waals surface area contributed by atoms with Crippen molar-refractivity contribution in [2.45, 2.75) is 6.42 Å². The molecular formula is C10H14N2O2. The maximum Gasteiger partial charge on any atom is 0.125 e.